The van der Waals surface area contributed by atoms with Crippen molar-refractivity contribution in [2.45, 2.75) is 18.9 Å². The Morgan fingerprint density at radius 2 is 1.82 bits per heavy atom. The maximum Gasteiger partial charge on any atom is 0.278 e. The van der Waals surface area contributed by atoms with Crippen molar-refractivity contribution in [2.75, 3.05) is 27.4 Å². The summed E-state index contributed by atoms with van der Waals surface area (Å²) in [6, 6.07) is 2.55. The second-order valence-electron chi connectivity index (χ2n) is 5.00. The quantitative estimate of drug-likeness (QED) is 0.657. The third-order valence-corrected chi connectivity index (χ3v) is 3.86. The first-order valence-corrected chi connectivity index (χ1v) is 6.82. The number of nitrogens with two attached hydrogens (primary N) is 1. The predicted octanol–water partition coefficient (Wildman–Crippen LogP) is 2.46. The first-order chi connectivity index (χ1) is 10.1. The maximum atomic E-state index is 11.3. The van der Waals surface area contributed by atoms with Gasteiger partial charge in [-0.3, -0.25) is 10.1 Å². The first kappa shape index (κ1) is 18.5. The van der Waals surface area contributed by atoms with Gasteiger partial charge in [0.25, 0.3) is 5.69 Å². The minimum absolute atomic E-state index is 0. The van der Waals surface area contributed by atoms with E-state index in [4.69, 9.17) is 19.9 Å². The molecule has 124 valence electrons. The van der Waals surface area contributed by atoms with E-state index in [0.29, 0.717) is 30.3 Å². The zero-order valence-corrected chi connectivity index (χ0v) is 13.4. The molecule has 0 saturated carbocycles. The molecule has 1 aromatic carbocycles. The van der Waals surface area contributed by atoms with Crippen LogP contribution in [0.25, 0.3) is 0 Å². The average molecular weight is 333 g/mol. The molecule has 1 saturated heterocycles. The number of ether oxygens (including phenoxy) is 3. The number of nitrogens with zero attached hydrogens (tertiary/aromatic N) is 1. The number of nitro groups is 1. The van der Waals surface area contributed by atoms with Crippen molar-refractivity contribution < 1.29 is 19.1 Å². The Morgan fingerprint density at radius 1 is 1.27 bits per heavy atom. The van der Waals surface area contributed by atoms with Gasteiger partial charge < -0.3 is 19.9 Å². The predicted molar refractivity (Wildman–Crippen MR) is 83.9 cm³/mol. The standard InChI is InChI=1S/C14H20N2O5.ClH/c1-19-12-7-10(11(16(17)18)8-13(12)20-2)14(15)9-3-5-21-6-4-9;/h7-9,14H,3-6,15H2,1-2H3;1H/t14-;/m1./s1. The molecule has 2 rings (SSSR count). The fraction of sp³-hybridized carbons (Fsp3) is 0.571. The average Bonchev–Trinajstić information content (AvgIpc) is 2.53. The molecule has 7 nitrogen and oxygen atoms in total. The Kier molecular flexibility index (Phi) is 6.86. The second kappa shape index (κ2) is 8.17. The van der Waals surface area contributed by atoms with Crippen LogP contribution < -0.4 is 15.2 Å². The van der Waals surface area contributed by atoms with Crippen LogP contribution in [-0.4, -0.2) is 32.4 Å². The van der Waals surface area contributed by atoms with Crippen LogP contribution in [0.15, 0.2) is 12.1 Å². The Bertz CT molecular complexity index is 520. The lowest BCUT2D eigenvalue weighted by molar-refractivity contribution is -0.385. The molecule has 1 aromatic rings. The van der Waals surface area contributed by atoms with Gasteiger partial charge in [-0.1, -0.05) is 0 Å². The van der Waals surface area contributed by atoms with Crippen molar-refractivity contribution in [3.8, 4) is 11.5 Å². The molecule has 0 unspecified atom stereocenters. The van der Waals surface area contributed by atoms with E-state index in [2.05, 4.69) is 0 Å². The lowest BCUT2D eigenvalue weighted by atomic mass is 9.87. The molecule has 22 heavy (non-hydrogen) atoms. The van der Waals surface area contributed by atoms with Gasteiger partial charge in [0, 0.05) is 19.3 Å². The van der Waals surface area contributed by atoms with Crippen molar-refractivity contribution in [3.05, 3.63) is 27.8 Å². The molecule has 1 atom stereocenters. The molecule has 2 N–H and O–H groups in total. The number of methoxy groups -OCH3 is 2. The summed E-state index contributed by atoms with van der Waals surface area (Å²) in [7, 11) is 2.94. The largest absolute Gasteiger partial charge is 0.493 e. The summed E-state index contributed by atoms with van der Waals surface area (Å²) in [5.74, 6) is 0.934. The van der Waals surface area contributed by atoms with Crippen LogP contribution in [0.2, 0.25) is 0 Å². The van der Waals surface area contributed by atoms with Gasteiger partial charge in [-0.05, 0) is 24.8 Å². The van der Waals surface area contributed by atoms with Crippen molar-refractivity contribution in [1.82, 2.24) is 0 Å². The number of hydrogen-bond donors (Lipinski definition) is 1. The van der Waals surface area contributed by atoms with Gasteiger partial charge in [0.05, 0.1) is 30.8 Å². The highest BCUT2D eigenvalue weighted by Gasteiger charge is 2.29. The van der Waals surface area contributed by atoms with E-state index in [1.807, 2.05) is 0 Å². The molecule has 0 amide bonds. The lowest BCUT2D eigenvalue weighted by Gasteiger charge is -2.28. The number of hydrogen-bond acceptors (Lipinski definition) is 6. The monoisotopic (exact) mass is 332 g/mol. The summed E-state index contributed by atoms with van der Waals surface area (Å²) in [6.07, 6.45) is 1.60. The summed E-state index contributed by atoms with van der Waals surface area (Å²) in [6.45, 7) is 1.28. The van der Waals surface area contributed by atoms with E-state index < -0.39 is 11.0 Å². The third-order valence-electron chi connectivity index (χ3n) is 3.86. The molecule has 0 aliphatic carbocycles. The van der Waals surface area contributed by atoms with E-state index in [9.17, 15) is 10.1 Å². The molecule has 1 aliphatic heterocycles. The van der Waals surface area contributed by atoms with Crippen LogP contribution in [0.1, 0.15) is 24.4 Å². The Labute approximate surface area is 135 Å². The van der Waals surface area contributed by atoms with Crippen LogP contribution in [0, 0.1) is 16.0 Å². The summed E-state index contributed by atoms with van der Waals surface area (Å²) in [5, 5.41) is 11.3. The van der Waals surface area contributed by atoms with Crippen LogP contribution in [0.3, 0.4) is 0 Å². The van der Waals surface area contributed by atoms with Crippen LogP contribution in [-0.2, 0) is 4.74 Å². The van der Waals surface area contributed by atoms with Crippen LogP contribution in [0.5, 0.6) is 11.5 Å². The van der Waals surface area contributed by atoms with E-state index in [1.165, 1.54) is 20.3 Å². The molecular formula is C14H21ClN2O5. The Hall–Kier alpha value is -1.57. The molecule has 0 radical (unpaired) electrons. The molecular weight excluding hydrogens is 312 g/mol. The molecule has 0 spiro atoms. The highest BCUT2D eigenvalue weighted by Crippen LogP contribution is 2.40. The number of benzene rings is 1. The van der Waals surface area contributed by atoms with Gasteiger partial charge in [-0.25, -0.2) is 0 Å². The van der Waals surface area contributed by atoms with Crippen molar-refractivity contribution in [1.29, 1.82) is 0 Å². The van der Waals surface area contributed by atoms with Gasteiger partial charge in [0.15, 0.2) is 11.5 Å². The SMILES string of the molecule is COc1cc([C@H](N)C2CCOCC2)c([N+](=O)[O-])cc1OC.Cl. The Morgan fingerprint density at radius 3 is 2.32 bits per heavy atom. The molecule has 1 heterocycles. The molecule has 0 bridgehead atoms. The summed E-state index contributed by atoms with van der Waals surface area (Å²) in [4.78, 5) is 10.9. The number of rotatable bonds is 5. The molecule has 0 aromatic heterocycles. The van der Waals surface area contributed by atoms with Gasteiger partial charge in [-0.2, -0.15) is 0 Å². The summed E-state index contributed by atoms with van der Waals surface area (Å²) >= 11 is 0. The van der Waals surface area contributed by atoms with Crippen LogP contribution in [0.4, 0.5) is 5.69 Å². The fourth-order valence-electron chi connectivity index (χ4n) is 2.64. The lowest BCUT2D eigenvalue weighted by Crippen LogP contribution is -2.28. The highest BCUT2D eigenvalue weighted by atomic mass is 35.5. The van der Waals surface area contributed by atoms with E-state index in [1.54, 1.807) is 6.07 Å². The minimum atomic E-state index is -0.434. The van der Waals surface area contributed by atoms with Gasteiger partial charge in [-0.15, -0.1) is 12.4 Å². The number of halogens is 1. The topological polar surface area (TPSA) is 96.9 Å². The molecule has 1 aliphatic rings. The van der Waals surface area contributed by atoms with E-state index >= 15 is 0 Å². The third kappa shape index (κ3) is 3.79. The van der Waals surface area contributed by atoms with Gasteiger partial charge >= 0.3 is 0 Å². The van der Waals surface area contributed by atoms with Gasteiger partial charge in [0.1, 0.15) is 0 Å². The first-order valence-electron chi connectivity index (χ1n) is 6.82. The van der Waals surface area contributed by atoms with Crippen molar-refractivity contribution >= 4 is 18.1 Å². The normalized spacial score (nSPS) is 16.5. The van der Waals surface area contributed by atoms with Crippen LogP contribution >= 0.6 is 12.4 Å². The Balaban J connectivity index is 0.00000242. The smallest absolute Gasteiger partial charge is 0.278 e. The molecule has 1 fully saturated rings. The summed E-state index contributed by atoms with van der Waals surface area (Å²) < 4.78 is 15.6. The maximum absolute atomic E-state index is 11.3. The van der Waals surface area contributed by atoms with E-state index in [-0.39, 0.29) is 24.0 Å². The highest BCUT2D eigenvalue weighted by molar-refractivity contribution is 5.85. The zero-order chi connectivity index (χ0) is 15.4. The van der Waals surface area contributed by atoms with E-state index in [0.717, 1.165) is 12.8 Å². The van der Waals surface area contributed by atoms with Crippen molar-refractivity contribution in [3.63, 3.8) is 0 Å². The number of nitro benzene ring substituents is 1. The van der Waals surface area contributed by atoms with Gasteiger partial charge in [0.2, 0.25) is 0 Å². The van der Waals surface area contributed by atoms with Crippen molar-refractivity contribution in [2.24, 2.45) is 11.7 Å². The zero-order valence-electron chi connectivity index (χ0n) is 12.6. The minimum Gasteiger partial charge on any atom is -0.493 e. The molecule has 8 heteroatoms. The second-order valence-corrected chi connectivity index (χ2v) is 5.00. The summed E-state index contributed by atoms with van der Waals surface area (Å²) in [5.41, 5.74) is 6.71. The fourth-order valence-corrected chi connectivity index (χ4v) is 2.64.